The van der Waals surface area contributed by atoms with Gasteiger partial charge in [-0.2, -0.15) is 0 Å². The van der Waals surface area contributed by atoms with Crippen LogP contribution in [0.1, 0.15) is 30.8 Å². The van der Waals surface area contributed by atoms with Crippen LogP contribution >= 0.6 is 0 Å². The van der Waals surface area contributed by atoms with Crippen molar-refractivity contribution < 1.29 is 18.8 Å². The fourth-order valence-electron chi connectivity index (χ4n) is 2.38. The van der Waals surface area contributed by atoms with E-state index in [0.717, 1.165) is 13.0 Å². The summed E-state index contributed by atoms with van der Waals surface area (Å²) in [5, 5.41) is 6.45. The van der Waals surface area contributed by atoms with E-state index in [9.17, 15) is 4.79 Å². The van der Waals surface area contributed by atoms with Crippen molar-refractivity contribution >= 4 is 5.91 Å². The Labute approximate surface area is 112 Å². The number of nitrogens with zero attached hydrogens (tertiary/aromatic N) is 1. The fourth-order valence-corrected chi connectivity index (χ4v) is 2.38. The summed E-state index contributed by atoms with van der Waals surface area (Å²) in [5.41, 5.74) is 0. The molecule has 1 fully saturated rings. The topological polar surface area (TPSA) is 73.6 Å². The van der Waals surface area contributed by atoms with Crippen LogP contribution in [0.25, 0.3) is 0 Å². The number of aromatic nitrogens is 1. The molecule has 2 atom stereocenters. The molecule has 0 aromatic carbocycles. The predicted molar refractivity (Wildman–Crippen MR) is 68.1 cm³/mol. The van der Waals surface area contributed by atoms with Gasteiger partial charge in [-0.15, -0.1) is 0 Å². The van der Waals surface area contributed by atoms with Crippen molar-refractivity contribution in [2.24, 2.45) is 11.8 Å². The molecule has 0 spiro atoms. The molecule has 1 N–H and O–H groups in total. The van der Waals surface area contributed by atoms with Crippen LogP contribution in [0.4, 0.5) is 0 Å². The summed E-state index contributed by atoms with van der Waals surface area (Å²) in [5.74, 6) is 1.00. The van der Waals surface area contributed by atoms with E-state index in [2.05, 4.69) is 24.3 Å². The van der Waals surface area contributed by atoms with E-state index in [4.69, 9.17) is 14.0 Å². The smallest absolute Gasteiger partial charge is 0.290 e. The highest BCUT2D eigenvalue weighted by molar-refractivity contribution is 5.91. The minimum Gasteiger partial charge on any atom is -0.479 e. The number of methoxy groups -OCH3 is 1. The lowest BCUT2D eigenvalue weighted by atomic mass is 9.93. The maximum Gasteiger partial charge on any atom is 0.290 e. The van der Waals surface area contributed by atoms with Crippen LogP contribution < -0.4 is 10.1 Å². The standard InChI is InChI=1S/C13H20N2O4/c1-8(2)12-9(4-5-18-12)7-14-13(16)10-6-11(17-3)15-19-10/h6,8-9,12H,4-5,7H2,1-3H3,(H,14,16)/t9-,12-/m1/s1. The maximum absolute atomic E-state index is 11.9. The lowest BCUT2D eigenvalue weighted by Crippen LogP contribution is -2.34. The van der Waals surface area contributed by atoms with Gasteiger partial charge >= 0.3 is 0 Å². The predicted octanol–water partition coefficient (Wildman–Crippen LogP) is 1.47. The molecule has 1 aromatic heterocycles. The lowest BCUT2D eigenvalue weighted by Gasteiger charge is -2.21. The first-order chi connectivity index (χ1) is 9.11. The number of nitrogens with one attached hydrogen (secondary N) is 1. The quantitative estimate of drug-likeness (QED) is 0.875. The van der Waals surface area contributed by atoms with Crippen LogP contribution in [0.15, 0.2) is 10.6 Å². The van der Waals surface area contributed by atoms with Gasteiger partial charge in [0.15, 0.2) is 0 Å². The van der Waals surface area contributed by atoms with Crippen LogP contribution in [0.5, 0.6) is 5.88 Å². The summed E-state index contributed by atoms with van der Waals surface area (Å²) in [6, 6.07) is 1.47. The van der Waals surface area contributed by atoms with E-state index in [1.165, 1.54) is 13.2 Å². The summed E-state index contributed by atoms with van der Waals surface area (Å²) >= 11 is 0. The molecule has 1 aliphatic rings. The molecule has 106 valence electrons. The van der Waals surface area contributed by atoms with E-state index in [1.54, 1.807) is 0 Å². The molecule has 1 aliphatic heterocycles. The van der Waals surface area contributed by atoms with Gasteiger partial charge in [-0.3, -0.25) is 4.79 Å². The van der Waals surface area contributed by atoms with E-state index in [1.807, 2.05) is 0 Å². The van der Waals surface area contributed by atoms with Crippen molar-refractivity contribution in [1.29, 1.82) is 0 Å². The molecule has 6 nitrogen and oxygen atoms in total. The van der Waals surface area contributed by atoms with Gasteiger partial charge in [0.1, 0.15) is 0 Å². The van der Waals surface area contributed by atoms with Gasteiger partial charge in [0.2, 0.25) is 5.76 Å². The van der Waals surface area contributed by atoms with Crippen molar-refractivity contribution in [3.8, 4) is 5.88 Å². The van der Waals surface area contributed by atoms with Gasteiger partial charge in [0.25, 0.3) is 11.8 Å². The van der Waals surface area contributed by atoms with Crippen LogP contribution in [0.2, 0.25) is 0 Å². The third kappa shape index (κ3) is 3.26. The molecule has 0 aliphatic carbocycles. The summed E-state index contributed by atoms with van der Waals surface area (Å²) in [7, 11) is 1.47. The second-order valence-corrected chi connectivity index (χ2v) is 5.07. The van der Waals surface area contributed by atoms with Gasteiger partial charge in [-0.1, -0.05) is 13.8 Å². The molecule has 2 rings (SSSR count). The van der Waals surface area contributed by atoms with E-state index < -0.39 is 0 Å². The minimum absolute atomic E-state index is 0.164. The Kier molecular flexibility index (Phi) is 4.42. The number of ether oxygens (including phenoxy) is 2. The molecule has 1 amide bonds. The Balaban J connectivity index is 1.86. The minimum atomic E-state index is -0.273. The molecule has 0 radical (unpaired) electrons. The third-order valence-electron chi connectivity index (χ3n) is 3.37. The van der Waals surface area contributed by atoms with Gasteiger partial charge in [0, 0.05) is 19.1 Å². The monoisotopic (exact) mass is 268 g/mol. The van der Waals surface area contributed by atoms with Crippen molar-refractivity contribution in [3.63, 3.8) is 0 Å². The van der Waals surface area contributed by atoms with Crippen molar-refractivity contribution in [2.75, 3.05) is 20.3 Å². The van der Waals surface area contributed by atoms with Crippen molar-refractivity contribution in [2.45, 2.75) is 26.4 Å². The molecular formula is C13H20N2O4. The Hall–Kier alpha value is -1.56. The zero-order valence-corrected chi connectivity index (χ0v) is 11.5. The van der Waals surface area contributed by atoms with Crippen LogP contribution in [-0.4, -0.2) is 37.4 Å². The van der Waals surface area contributed by atoms with E-state index in [-0.39, 0.29) is 17.8 Å². The summed E-state index contributed by atoms with van der Waals surface area (Å²) in [6.45, 7) is 5.61. The SMILES string of the molecule is COc1cc(C(=O)NC[C@H]2CCO[C@@H]2C(C)C)on1. The average Bonchev–Trinajstić information content (AvgIpc) is 3.04. The second kappa shape index (κ2) is 6.06. The molecule has 6 heteroatoms. The van der Waals surface area contributed by atoms with Crippen LogP contribution in [0, 0.1) is 11.8 Å². The highest BCUT2D eigenvalue weighted by Crippen LogP contribution is 2.26. The summed E-state index contributed by atoms with van der Waals surface area (Å²) in [4.78, 5) is 11.9. The number of amides is 1. The van der Waals surface area contributed by atoms with E-state index in [0.29, 0.717) is 24.3 Å². The molecule has 19 heavy (non-hydrogen) atoms. The van der Waals surface area contributed by atoms with Crippen LogP contribution in [0.3, 0.4) is 0 Å². The number of carbonyl (C=O) groups is 1. The summed E-state index contributed by atoms with van der Waals surface area (Å²) in [6.07, 6.45) is 1.19. The zero-order chi connectivity index (χ0) is 13.8. The molecule has 1 saturated heterocycles. The molecule has 0 unspecified atom stereocenters. The Morgan fingerprint density at radius 3 is 3.05 bits per heavy atom. The maximum atomic E-state index is 11.9. The van der Waals surface area contributed by atoms with Gasteiger partial charge in [-0.25, -0.2) is 0 Å². The van der Waals surface area contributed by atoms with Crippen molar-refractivity contribution in [3.05, 3.63) is 11.8 Å². The first-order valence-electron chi connectivity index (χ1n) is 6.52. The Bertz CT molecular complexity index is 430. The molecule has 1 aromatic rings. The summed E-state index contributed by atoms with van der Waals surface area (Å²) < 4.78 is 15.4. The highest BCUT2D eigenvalue weighted by Gasteiger charge is 2.31. The average molecular weight is 268 g/mol. The first kappa shape index (κ1) is 13.9. The van der Waals surface area contributed by atoms with Crippen LogP contribution in [-0.2, 0) is 4.74 Å². The molecule has 2 heterocycles. The number of hydrogen-bond acceptors (Lipinski definition) is 5. The highest BCUT2D eigenvalue weighted by atomic mass is 16.5. The Morgan fingerprint density at radius 1 is 1.63 bits per heavy atom. The largest absolute Gasteiger partial charge is 0.479 e. The number of hydrogen-bond donors (Lipinski definition) is 1. The molecular weight excluding hydrogens is 248 g/mol. The lowest BCUT2D eigenvalue weighted by molar-refractivity contribution is 0.0531. The fraction of sp³-hybridized carbons (Fsp3) is 0.692. The molecule has 0 saturated carbocycles. The normalized spacial score (nSPS) is 22.7. The van der Waals surface area contributed by atoms with Gasteiger partial charge in [0.05, 0.1) is 19.3 Å². The molecule has 0 bridgehead atoms. The third-order valence-corrected chi connectivity index (χ3v) is 3.37. The van der Waals surface area contributed by atoms with E-state index >= 15 is 0 Å². The number of rotatable bonds is 5. The first-order valence-corrected chi connectivity index (χ1v) is 6.52. The van der Waals surface area contributed by atoms with Gasteiger partial charge in [-0.05, 0) is 17.5 Å². The van der Waals surface area contributed by atoms with Crippen molar-refractivity contribution in [1.82, 2.24) is 10.5 Å². The Morgan fingerprint density at radius 2 is 2.42 bits per heavy atom. The second-order valence-electron chi connectivity index (χ2n) is 5.07. The van der Waals surface area contributed by atoms with Gasteiger partial charge < -0.3 is 19.3 Å². The zero-order valence-electron chi connectivity index (χ0n) is 11.5. The number of carbonyl (C=O) groups excluding carboxylic acids is 1.